The molecule has 0 saturated carbocycles. The van der Waals surface area contributed by atoms with Gasteiger partial charge in [0.1, 0.15) is 6.10 Å². The van der Waals surface area contributed by atoms with Crippen molar-refractivity contribution in [3.8, 4) is 0 Å². The minimum absolute atomic E-state index is 0.0716. The number of esters is 1. The highest BCUT2D eigenvalue weighted by Crippen LogP contribution is 2.17. The Labute approximate surface area is 269 Å². The quantitative estimate of drug-likeness (QED) is 0.0437. The molecule has 0 spiro atoms. The van der Waals surface area contributed by atoms with E-state index in [9.17, 15) is 4.79 Å². The zero-order valence-electron chi connectivity index (χ0n) is 29.3. The lowest BCUT2D eigenvalue weighted by Crippen LogP contribution is -2.27. The zero-order chi connectivity index (χ0) is 31.5. The van der Waals surface area contributed by atoms with E-state index in [1.54, 1.807) is 0 Å². The van der Waals surface area contributed by atoms with Crippen molar-refractivity contribution in [2.75, 3.05) is 20.6 Å². The fourth-order valence-corrected chi connectivity index (χ4v) is 5.29. The van der Waals surface area contributed by atoms with Crippen molar-refractivity contribution in [2.24, 2.45) is 0 Å². The number of unbranched alkanes of at least 4 members (excludes halogenated alkanes) is 17. The monoisotopic (exact) mass is 600 g/mol. The van der Waals surface area contributed by atoms with Gasteiger partial charge in [0.15, 0.2) is 0 Å². The lowest BCUT2D eigenvalue weighted by Gasteiger charge is -2.19. The van der Waals surface area contributed by atoms with E-state index in [2.05, 4.69) is 62.5 Å². The maximum atomic E-state index is 12.3. The first kappa shape index (κ1) is 41.4. The van der Waals surface area contributed by atoms with E-state index >= 15 is 0 Å². The van der Waals surface area contributed by atoms with Crippen molar-refractivity contribution in [2.45, 2.75) is 180 Å². The van der Waals surface area contributed by atoms with Crippen LogP contribution in [0, 0.1) is 0 Å². The number of rotatable bonds is 32. The second-order valence-electron chi connectivity index (χ2n) is 12.7. The summed E-state index contributed by atoms with van der Waals surface area (Å²) in [7, 11) is 3.86. The highest BCUT2D eigenvalue weighted by atomic mass is 16.5. The van der Waals surface area contributed by atoms with Crippen LogP contribution in [0.3, 0.4) is 0 Å². The number of nitrogens with zero attached hydrogens (tertiary/aromatic N) is 1. The lowest BCUT2D eigenvalue weighted by atomic mass is 10.0. The summed E-state index contributed by atoms with van der Waals surface area (Å²) in [5.41, 5.74) is 0. The highest BCUT2D eigenvalue weighted by Gasteiger charge is 2.14. The molecular formula is C40H73NO2. The summed E-state index contributed by atoms with van der Waals surface area (Å²) in [6.45, 7) is 4.89. The average molecular weight is 600 g/mol. The maximum absolute atomic E-state index is 12.3. The maximum Gasteiger partial charge on any atom is 0.320 e. The molecule has 0 aliphatic carbocycles. The van der Waals surface area contributed by atoms with Crippen molar-refractivity contribution in [1.29, 1.82) is 0 Å². The van der Waals surface area contributed by atoms with E-state index in [0.717, 1.165) is 25.7 Å². The molecule has 0 aromatic carbocycles. The average Bonchev–Trinajstić information content (AvgIpc) is 2.98. The van der Waals surface area contributed by atoms with Crippen LogP contribution in [0.2, 0.25) is 0 Å². The van der Waals surface area contributed by atoms with Gasteiger partial charge in [-0.25, -0.2) is 0 Å². The van der Waals surface area contributed by atoms with Gasteiger partial charge in [0.2, 0.25) is 0 Å². The largest absolute Gasteiger partial charge is 0.461 e. The number of ether oxygens (including phenoxy) is 1. The van der Waals surface area contributed by atoms with Gasteiger partial charge in [0.25, 0.3) is 0 Å². The summed E-state index contributed by atoms with van der Waals surface area (Å²) in [6.07, 6.45) is 49.7. The van der Waals surface area contributed by atoms with E-state index < -0.39 is 0 Å². The van der Waals surface area contributed by atoms with Crippen molar-refractivity contribution in [3.63, 3.8) is 0 Å². The Kier molecular flexibility index (Phi) is 33.6. The summed E-state index contributed by atoms with van der Waals surface area (Å²) in [4.78, 5) is 14.2. The second kappa shape index (κ2) is 34.9. The van der Waals surface area contributed by atoms with Crippen LogP contribution < -0.4 is 0 Å². The summed E-state index contributed by atoms with van der Waals surface area (Å²) in [6, 6.07) is 0. The molecule has 0 saturated heterocycles. The Morgan fingerprint density at radius 1 is 0.512 bits per heavy atom. The van der Waals surface area contributed by atoms with Gasteiger partial charge in [-0.15, -0.1) is 0 Å². The van der Waals surface area contributed by atoms with Crippen LogP contribution in [-0.2, 0) is 9.53 Å². The molecule has 1 atom stereocenters. The van der Waals surface area contributed by atoms with Crippen molar-refractivity contribution in [1.82, 2.24) is 4.90 Å². The molecule has 3 heteroatoms. The Hall–Kier alpha value is -1.61. The second-order valence-corrected chi connectivity index (χ2v) is 12.7. The number of carbonyl (C=O) groups excluding carboxylic acids is 1. The van der Waals surface area contributed by atoms with Gasteiger partial charge in [0.05, 0.1) is 6.54 Å². The summed E-state index contributed by atoms with van der Waals surface area (Å²) in [5.74, 6) is -0.0716. The predicted octanol–water partition coefficient (Wildman–Crippen LogP) is 12.5. The first-order chi connectivity index (χ1) is 21.1. The highest BCUT2D eigenvalue weighted by molar-refractivity contribution is 5.71. The first-order valence-corrected chi connectivity index (χ1v) is 18.5. The topological polar surface area (TPSA) is 29.5 Å². The third-order valence-corrected chi connectivity index (χ3v) is 7.95. The van der Waals surface area contributed by atoms with E-state index in [4.69, 9.17) is 4.74 Å². The Morgan fingerprint density at radius 2 is 0.860 bits per heavy atom. The van der Waals surface area contributed by atoms with Gasteiger partial charge in [-0.1, -0.05) is 133 Å². The van der Waals surface area contributed by atoms with Crippen LogP contribution in [0.15, 0.2) is 48.6 Å². The number of likely N-dealkylation sites (N-methyl/N-ethyl adjacent to an activating group) is 1. The molecule has 0 aliphatic heterocycles. The van der Waals surface area contributed by atoms with Crippen LogP contribution >= 0.6 is 0 Å². The smallest absolute Gasteiger partial charge is 0.320 e. The Bertz CT molecular complexity index is 691. The van der Waals surface area contributed by atoms with E-state index in [0.29, 0.717) is 6.54 Å². The summed E-state index contributed by atoms with van der Waals surface area (Å²) >= 11 is 0. The third kappa shape index (κ3) is 34.7. The van der Waals surface area contributed by atoms with Gasteiger partial charge < -0.3 is 4.74 Å². The van der Waals surface area contributed by atoms with Gasteiger partial charge in [-0.05, 0) is 104 Å². The van der Waals surface area contributed by atoms with Gasteiger partial charge in [-0.3, -0.25) is 9.69 Å². The minimum atomic E-state index is -0.0716. The molecule has 0 heterocycles. The minimum Gasteiger partial charge on any atom is -0.461 e. The molecule has 0 bridgehead atoms. The number of carbonyl (C=O) groups is 1. The first-order valence-electron chi connectivity index (χ1n) is 18.5. The lowest BCUT2D eigenvalue weighted by molar-refractivity contribution is -0.150. The number of hydrogen-bond acceptors (Lipinski definition) is 3. The molecule has 250 valence electrons. The fraction of sp³-hybridized carbons (Fsp3) is 0.775. The zero-order valence-corrected chi connectivity index (χ0v) is 29.3. The van der Waals surface area contributed by atoms with Crippen LogP contribution in [0.4, 0.5) is 0 Å². The van der Waals surface area contributed by atoms with Crippen molar-refractivity contribution >= 4 is 5.97 Å². The summed E-state index contributed by atoms with van der Waals surface area (Å²) in [5, 5.41) is 0. The van der Waals surface area contributed by atoms with E-state index in [-0.39, 0.29) is 12.1 Å². The Balaban J connectivity index is 3.91. The fourth-order valence-electron chi connectivity index (χ4n) is 5.29. The van der Waals surface area contributed by atoms with E-state index in [1.165, 1.54) is 135 Å². The molecule has 0 radical (unpaired) electrons. The molecule has 0 rings (SSSR count). The molecular weight excluding hydrogens is 526 g/mol. The molecule has 1 unspecified atom stereocenters. The predicted molar refractivity (Wildman–Crippen MR) is 192 cm³/mol. The number of hydrogen-bond donors (Lipinski definition) is 0. The Morgan fingerprint density at radius 3 is 1.23 bits per heavy atom. The molecule has 0 aromatic rings. The standard InChI is InChI=1S/C40H73NO2/c1-5-7-9-11-13-15-17-19-21-23-25-27-29-31-33-35-37-39(43-40(42)38-41(3)4)36-34-32-30-28-26-24-22-20-18-16-14-12-10-8-6-2/h13-16,19-22,39H,5-12,17-18,23-38H2,1-4H3. The molecule has 0 amide bonds. The summed E-state index contributed by atoms with van der Waals surface area (Å²) < 4.78 is 5.90. The van der Waals surface area contributed by atoms with Gasteiger partial charge >= 0.3 is 5.97 Å². The van der Waals surface area contributed by atoms with Crippen LogP contribution in [0.25, 0.3) is 0 Å². The van der Waals surface area contributed by atoms with Crippen molar-refractivity contribution < 1.29 is 9.53 Å². The molecule has 0 aliphatic rings. The van der Waals surface area contributed by atoms with Crippen LogP contribution in [0.5, 0.6) is 0 Å². The molecule has 0 N–H and O–H groups in total. The molecule has 0 fully saturated rings. The molecule has 0 aromatic heterocycles. The molecule has 3 nitrogen and oxygen atoms in total. The normalized spacial score (nSPS) is 13.0. The van der Waals surface area contributed by atoms with Crippen LogP contribution in [-0.4, -0.2) is 37.6 Å². The van der Waals surface area contributed by atoms with Gasteiger partial charge in [0, 0.05) is 0 Å². The van der Waals surface area contributed by atoms with Gasteiger partial charge in [-0.2, -0.15) is 0 Å². The molecule has 43 heavy (non-hydrogen) atoms. The SMILES string of the molecule is CCCCCC=CCC=CCCCCCCCCC(CCCCCCCC=CCC=CCCCCC)OC(=O)CN(C)C. The van der Waals surface area contributed by atoms with Crippen LogP contribution in [0.1, 0.15) is 174 Å². The number of allylic oxidation sites excluding steroid dienone is 8. The van der Waals surface area contributed by atoms with Crippen molar-refractivity contribution in [3.05, 3.63) is 48.6 Å². The third-order valence-electron chi connectivity index (χ3n) is 7.95. The van der Waals surface area contributed by atoms with E-state index in [1.807, 2.05) is 19.0 Å².